The highest BCUT2D eigenvalue weighted by atomic mass is 16.4. The number of aryl methyl sites for hydroxylation is 2. The van der Waals surface area contributed by atoms with Gasteiger partial charge in [0.05, 0.1) is 12.7 Å². The molecule has 0 spiro atoms. The van der Waals surface area contributed by atoms with Gasteiger partial charge in [0.2, 0.25) is 0 Å². The molecule has 0 aliphatic carbocycles. The second-order valence-corrected chi connectivity index (χ2v) is 7.13. The standard InChI is InChI=1S/C12H11N3O2.C7H9N.C5H4N2O3/c1-8-2-4-9(5-3-8)15-12(17)10-6-11(16)14-7-13-10;1-6-2-4-7(8)5-3-6;8-4-1-3(5(9)10)6-2-7-4/h2-7H,1H3,(H,15,17)(H,13,14,16);2-5H,8H2,1H3;1-2H,(H,9,10)(H,6,7,8). The second-order valence-electron chi connectivity index (χ2n) is 7.13. The van der Waals surface area contributed by atoms with Crippen LogP contribution in [-0.2, 0) is 0 Å². The van der Waals surface area contributed by atoms with Crippen molar-refractivity contribution in [1.29, 1.82) is 0 Å². The number of nitrogens with one attached hydrogen (secondary N) is 3. The highest BCUT2D eigenvalue weighted by Crippen LogP contribution is 2.09. The first-order valence-electron chi connectivity index (χ1n) is 10.2. The van der Waals surface area contributed by atoms with Crippen LogP contribution in [0.3, 0.4) is 0 Å². The highest BCUT2D eigenvalue weighted by Gasteiger charge is 2.07. The number of aromatic nitrogens is 4. The van der Waals surface area contributed by atoms with Gasteiger partial charge >= 0.3 is 5.97 Å². The Morgan fingerprint density at radius 1 is 0.800 bits per heavy atom. The van der Waals surface area contributed by atoms with Crippen LogP contribution in [0.2, 0.25) is 0 Å². The predicted octanol–water partition coefficient (Wildman–Crippen LogP) is 2.38. The van der Waals surface area contributed by atoms with Crippen molar-refractivity contribution in [2.75, 3.05) is 11.1 Å². The summed E-state index contributed by atoms with van der Waals surface area (Å²) in [7, 11) is 0. The summed E-state index contributed by atoms with van der Waals surface area (Å²) in [4.78, 5) is 55.0. The minimum Gasteiger partial charge on any atom is -0.477 e. The van der Waals surface area contributed by atoms with Crippen LogP contribution in [0.25, 0.3) is 0 Å². The Balaban J connectivity index is 0.000000204. The number of carboxylic acid groups (broad SMARTS) is 1. The van der Waals surface area contributed by atoms with E-state index in [9.17, 15) is 19.2 Å². The van der Waals surface area contributed by atoms with Gasteiger partial charge in [-0.3, -0.25) is 14.4 Å². The van der Waals surface area contributed by atoms with Crippen LogP contribution in [0, 0.1) is 13.8 Å². The summed E-state index contributed by atoms with van der Waals surface area (Å²) in [5.74, 6) is -1.61. The number of nitrogens with two attached hydrogens (primary N) is 1. The number of rotatable bonds is 3. The van der Waals surface area contributed by atoms with Gasteiger partial charge in [-0.05, 0) is 38.1 Å². The molecule has 0 saturated carbocycles. The largest absolute Gasteiger partial charge is 0.477 e. The summed E-state index contributed by atoms with van der Waals surface area (Å²) in [6, 6.07) is 17.2. The molecule has 0 radical (unpaired) electrons. The summed E-state index contributed by atoms with van der Waals surface area (Å²) in [5.41, 5.74) is 8.31. The van der Waals surface area contributed by atoms with Crippen molar-refractivity contribution in [1.82, 2.24) is 19.9 Å². The monoisotopic (exact) mass is 476 g/mol. The van der Waals surface area contributed by atoms with Gasteiger partial charge in [0.15, 0.2) is 5.69 Å². The molecule has 2 heterocycles. The third-order valence-corrected chi connectivity index (χ3v) is 4.20. The molecular weight excluding hydrogens is 452 g/mol. The Morgan fingerprint density at radius 2 is 1.26 bits per heavy atom. The third-order valence-electron chi connectivity index (χ3n) is 4.20. The number of carboxylic acids is 1. The van der Waals surface area contributed by atoms with Gasteiger partial charge in [-0.1, -0.05) is 35.4 Å². The molecule has 2 aromatic heterocycles. The van der Waals surface area contributed by atoms with Gasteiger partial charge < -0.3 is 26.1 Å². The van der Waals surface area contributed by atoms with E-state index in [0.717, 1.165) is 29.7 Å². The number of nitrogen functional groups attached to an aromatic ring is 1. The van der Waals surface area contributed by atoms with Gasteiger partial charge in [-0.25, -0.2) is 14.8 Å². The Morgan fingerprint density at radius 3 is 1.69 bits per heavy atom. The molecule has 11 heteroatoms. The molecule has 0 unspecified atom stereocenters. The molecule has 0 aliphatic rings. The van der Waals surface area contributed by atoms with Gasteiger partial charge in [0.1, 0.15) is 5.69 Å². The Kier molecular flexibility index (Phi) is 9.61. The molecule has 180 valence electrons. The lowest BCUT2D eigenvalue weighted by Gasteiger charge is -2.04. The average molecular weight is 476 g/mol. The normalized spacial score (nSPS) is 9.54. The Bertz CT molecular complexity index is 1360. The van der Waals surface area contributed by atoms with Crippen molar-refractivity contribution < 1.29 is 14.7 Å². The van der Waals surface area contributed by atoms with Gasteiger partial charge in [0.25, 0.3) is 17.0 Å². The first-order valence-corrected chi connectivity index (χ1v) is 10.2. The van der Waals surface area contributed by atoms with E-state index in [0.29, 0.717) is 5.69 Å². The number of amides is 1. The van der Waals surface area contributed by atoms with Crippen LogP contribution in [0.5, 0.6) is 0 Å². The number of hydrogen-bond donors (Lipinski definition) is 5. The molecule has 35 heavy (non-hydrogen) atoms. The fourth-order valence-corrected chi connectivity index (χ4v) is 2.38. The van der Waals surface area contributed by atoms with Gasteiger partial charge in [-0.15, -0.1) is 0 Å². The van der Waals surface area contributed by atoms with Crippen molar-refractivity contribution in [3.8, 4) is 0 Å². The molecule has 0 saturated heterocycles. The van der Waals surface area contributed by atoms with Crippen LogP contribution in [0.15, 0.2) is 82.9 Å². The molecule has 6 N–H and O–H groups in total. The first-order chi connectivity index (χ1) is 16.6. The number of carbonyl (C=O) groups is 2. The average Bonchev–Trinajstić information content (AvgIpc) is 2.83. The zero-order valence-corrected chi connectivity index (χ0v) is 19.0. The fourth-order valence-electron chi connectivity index (χ4n) is 2.38. The number of anilines is 2. The molecule has 1 amide bonds. The van der Waals surface area contributed by atoms with Crippen molar-refractivity contribution in [2.24, 2.45) is 0 Å². The summed E-state index contributed by atoms with van der Waals surface area (Å²) in [6.45, 7) is 4.00. The highest BCUT2D eigenvalue weighted by molar-refractivity contribution is 6.02. The predicted molar refractivity (Wildman–Crippen MR) is 131 cm³/mol. The maximum atomic E-state index is 11.7. The van der Waals surface area contributed by atoms with Gasteiger partial charge in [0, 0.05) is 23.5 Å². The van der Waals surface area contributed by atoms with E-state index in [1.165, 1.54) is 11.9 Å². The molecule has 0 aliphatic heterocycles. The number of H-pyrrole nitrogens is 2. The van der Waals surface area contributed by atoms with E-state index in [1.54, 1.807) is 12.1 Å². The van der Waals surface area contributed by atoms with E-state index in [-0.39, 0.29) is 16.9 Å². The van der Waals surface area contributed by atoms with Gasteiger partial charge in [-0.2, -0.15) is 0 Å². The minimum atomic E-state index is -1.20. The van der Waals surface area contributed by atoms with E-state index < -0.39 is 17.4 Å². The zero-order valence-electron chi connectivity index (χ0n) is 19.0. The fraction of sp³-hybridized carbons (Fsp3) is 0.0833. The number of aromatic amines is 2. The number of benzene rings is 2. The maximum Gasteiger partial charge on any atom is 0.354 e. The van der Waals surface area contributed by atoms with Crippen molar-refractivity contribution in [2.45, 2.75) is 13.8 Å². The smallest absolute Gasteiger partial charge is 0.354 e. The van der Waals surface area contributed by atoms with Crippen LogP contribution in [0.4, 0.5) is 11.4 Å². The second kappa shape index (κ2) is 12.8. The molecular formula is C24H24N6O5. The Labute approximate surface area is 199 Å². The minimum absolute atomic E-state index is 0.0920. The molecule has 2 aromatic carbocycles. The molecule has 0 bridgehead atoms. The van der Waals surface area contributed by atoms with Crippen LogP contribution < -0.4 is 22.2 Å². The van der Waals surface area contributed by atoms with Crippen molar-refractivity contribution in [3.63, 3.8) is 0 Å². The molecule has 0 fully saturated rings. The van der Waals surface area contributed by atoms with E-state index in [4.69, 9.17) is 10.8 Å². The van der Waals surface area contributed by atoms with Crippen molar-refractivity contribution >= 4 is 23.3 Å². The Hall–Kier alpha value is -5.06. The van der Waals surface area contributed by atoms with Crippen LogP contribution in [0.1, 0.15) is 32.1 Å². The number of nitrogens with zero attached hydrogens (tertiary/aromatic N) is 2. The lowest BCUT2D eigenvalue weighted by Crippen LogP contribution is -2.17. The summed E-state index contributed by atoms with van der Waals surface area (Å²) >= 11 is 0. The van der Waals surface area contributed by atoms with E-state index in [2.05, 4.69) is 25.3 Å². The SMILES string of the molecule is Cc1ccc(N)cc1.Cc1ccc(NC(=O)c2cc(=O)[nH]cn2)cc1.O=C(O)c1cc(=O)[nH]cn1. The van der Waals surface area contributed by atoms with Crippen LogP contribution >= 0.6 is 0 Å². The van der Waals surface area contributed by atoms with Crippen LogP contribution in [-0.4, -0.2) is 36.9 Å². The first kappa shape index (κ1) is 26.2. The maximum absolute atomic E-state index is 11.7. The lowest BCUT2D eigenvalue weighted by molar-refractivity contribution is 0.0690. The lowest BCUT2D eigenvalue weighted by atomic mass is 10.2. The molecule has 0 atom stereocenters. The summed E-state index contributed by atoms with van der Waals surface area (Å²) < 4.78 is 0. The molecule has 11 nitrogen and oxygen atoms in total. The number of aromatic carboxylic acids is 1. The number of carbonyl (C=O) groups excluding carboxylic acids is 1. The topological polar surface area (TPSA) is 184 Å². The van der Waals surface area contributed by atoms with E-state index in [1.807, 2.05) is 50.2 Å². The summed E-state index contributed by atoms with van der Waals surface area (Å²) in [6.07, 6.45) is 2.25. The van der Waals surface area contributed by atoms with Crippen molar-refractivity contribution in [3.05, 3.63) is 117 Å². The quantitative estimate of drug-likeness (QED) is 0.279. The zero-order chi connectivity index (χ0) is 25.8. The van der Waals surface area contributed by atoms with E-state index >= 15 is 0 Å². The summed E-state index contributed by atoms with van der Waals surface area (Å²) in [5, 5.41) is 11.0. The third kappa shape index (κ3) is 9.53. The molecule has 4 aromatic rings. The molecule has 4 rings (SSSR count). The number of hydrogen-bond acceptors (Lipinski definition) is 7.